The van der Waals surface area contributed by atoms with Gasteiger partial charge in [-0.05, 0) is 30.5 Å². The van der Waals surface area contributed by atoms with Gasteiger partial charge in [0.2, 0.25) is 5.91 Å². The fraction of sp³-hybridized carbons (Fsp3) is 0.877. The molecule has 2 rings (SSSR count). The largest absolute Gasteiger partial charge is 0.394 e. The summed E-state index contributed by atoms with van der Waals surface area (Å²) in [6.07, 6.45) is 34.8. The topological polar surface area (TPSA) is 158 Å². The van der Waals surface area contributed by atoms with Crippen LogP contribution in [0.15, 0.2) is 18.2 Å². The van der Waals surface area contributed by atoms with Crippen molar-refractivity contribution in [2.75, 3.05) is 13.2 Å². The average Bonchev–Trinajstić information content (AvgIpc) is 3.34. The molecule has 6 N–H and O–H groups in total. The second-order valence-electron chi connectivity index (χ2n) is 20.5. The van der Waals surface area contributed by atoms with E-state index in [0.29, 0.717) is 12.8 Å². The van der Waals surface area contributed by atoms with Crippen LogP contribution in [0.4, 0.5) is 8.78 Å². The summed E-state index contributed by atoms with van der Waals surface area (Å²) >= 11 is 0. The maximum absolute atomic E-state index is 13.8. The Kier molecular flexibility index (Phi) is 39.2. The lowest BCUT2D eigenvalue weighted by Crippen LogP contribution is -2.61. The van der Waals surface area contributed by atoms with Crippen LogP contribution in [0.1, 0.15) is 257 Å². The Morgan fingerprint density at radius 1 is 0.594 bits per heavy atom. The predicted molar refractivity (Wildman–Crippen MR) is 275 cm³/mol. The van der Waals surface area contributed by atoms with Crippen LogP contribution >= 0.6 is 0 Å². The van der Waals surface area contributed by atoms with Crippen molar-refractivity contribution in [2.45, 2.75) is 307 Å². The molecule has 1 fully saturated rings. The molecule has 1 aliphatic heterocycles. The number of halogens is 2. The molecule has 1 amide bonds. The molecule has 0 aromatic heterocycles. The highest BCUT2D eigenvalue weighted by Crippen LogP contribution is 2.27. The second kappa shape index (κ2) is 42.7. The number of rotatable bonds is 47. The number of aliphatic hydroxyl groups excluding tert-OH is 5. The summed E-state index contributed by atoms with van der Waals surface area (Å²) in [5, 5.41) is 57.4. The fourth-order valence-electron chi connectivity index (χ4n) is 9.63. The molecule has 69 heavy (non-hydrogen) atoms. The van der Waals surface area contributed by atoms with Gasteiger partial charge in [0, 0.05) is 6.42 Å². The van der Waals surface area contributed by atoms with E-state index in [1.54, 1.807) is 0 Å². The van der Waals surface area contributed by atoms with Crippen molar-refractivity contribution in [2.24, 2.45) is 0 Å². The molecule has 0 bridgehead atoms. The molecule has 8 atom stereocenters. The van der Waals surface area contributed by atoms with E-state index < -0.39 is 67.2 Å². The van der Waals surface area contributed by atoms with Crippen molar-refractivity contribution in [3.8, 4) is 0 Å². The predicted octanol–water partition coefficient (Wildman–Crippen LogP) is 13.0. The standard InChI is InChI=1S/C57H103F2NO9/c1-3-5-7-9-11-13-15-17-18-19-20-21-22-23-24-25-26-27-29-31-33-35-37-39-52(63)60-49(53(64)50(62)38-36-34-32-30-28-16-14-12-10-8-6-4-2)45-68-57-55(66)54(65)56(51(43-61)69-57)67-44-46-40-41-47(58)48(59)42-46/h40-42,49-51,53-57,61-62,64-66H,3-39,43-45H2,1-2H3,(H,60,63)/t49-,50+,51+,53-,54+,55+,56-,57-/m0/s1. The molecule has 1 aliphatic rings. The Balaban J connectivity index is 1.72. The molecule has 1 aromatic rings. The first-order valence-corrected chi connectivity index (χ1v) is 28.6. The minimum absolute atomic E-state index is 0.252. The number of hydrogen-bond donors (Lipinski definition) is 6. The molecule has 0 unspecified atom stereocenters. The monoisotopic (exact) mass is 984 g/mol. The van der Waals surface area contributed by atoms with Crippen LogP contribution < -0.4 is 5.32 Å². The summed E-state index contributed by atoms with van der Waals surface area (Å²) in [4.78, 5) is 13.2. The van der Waals surface area contributed by atoms with Crippen molar-refractivity contribution >= 4 is 5.91 Å². The summed E-state index contributed by atoms with van der Waals surface area (Å²) < 4.78 is 44.5. The lowest BCUT2D eigenvalue weighted by Gasteiger charge is -2.42. The quantitative estimate of drug-likeness (QED) is 0.0350. The fourth-order valence-corrected chi connectivity index (χ4v) is 9.63. The molecule has 1 aromatic carbocycles. The second-order valence-corrected chi connectivity index (χ2v) is 20.5. The van der Waals surface area contributed by atoms with E-state index in [2.05, 4.69) is 19.2 Å². The van der Waals surface area contributed by atoms with Gasteiger partial charge in [0.15, 0.2) is 17.9 Å². The van der Waals surface area contributed by atoms with E-state index in [-0.39, 0.29) is 31.1 Å². The van der Waals surface area contributed by atoms with Gasteiger partial charge >= 0.3 is 0 Å². The number of carbonyl (C=O) groups is 1. The molecule has 12 heteroatoms. The Morgan fingerprint density at radius 3 is 1.43 bits per heavy atom. The van der Waals surface area contributed by atoms with Crippen LogP contribution in [0, 0.1) is 11.6 Å². The van der Waals surface area contributed by atoms with Gasteiger partial charge in [0.1, 0.15) is 30.5 Å². The number of amides is 1. The molecule has 1 heterocycles. The number of benzene rings is 1. The van der Waals surface area contributed by atoms with Gasteiger partial charge < -0.3 is 45.1 Å². The summed E-state index contributed by atoms with van der Waals surface area (Å²) in [5.41, 5.74) is 0.274. The summed E-state index contributed by atoms with van der Waals surface area (Å²) in [5.74, 6) is -2.36. The zero-order valence-corrected chi connectivity index (χ0v) is 43.8. The molecule has 10 nitrogen and oxygen atoms in total. The molecule has 404 valence electrons. The van der Waals surface area contributed by atoms with Crippen LogP contribution in [0.25, 0.3) is 0 Å². The highest BCUT2D eigenvalue weighted by atomic mass is 19.2. The number of carbonyl (C=O) groups excluding carboxylic acids is 1. The lowest BCUT2D eigenvalue weighted by molar-refractivity contribution is -0.310. The van der Waals surface area contributed by atoms with Gasteiger partial charge in [-0.1, -0.05) is 238 Å². The summed E-state index contributed by atoms with van der Waals surface area (Å²) in [6.45, 7) is 3.28. The third kappa shape index (κ3) is 30.8. The maximum atomic E-state index is 13.8. The van der Waals surface area contributed by atoms with Gasteiger partial charge in [0.25, 0.3) is 0 Å². The van der Waals surface area contributed by atoms with Gasteiger partial charge in [-0.15, -0.1) is 0 Å². The average molecular weight is 984 g/mol. The van der Waals surface area contributed by atoms with Crippen molar-refractivity contribution < 1.29 is 53.3 Å². The normalized spacial score (nSPS) is 19.8. The van der Waals surface area contributed by atoms with Crippen LogP contribution in [0.5, 0.6) is 0 Å². The number of aliphatic hydroxyl groups is 5. The number of unbranched alkanes of at least 4 members (excludes halogenated alkanes) is 33. The zero-order valence-electron chi connectivity index (χ0n) is 43.8. The SMILES string of the molecule is CCCCCCCCCCCCCCCCCCCCCCCCCC(=O)N[C@@H](CO[C@H]1O[C@H](CO)[C@H](OCc2ccc(F)c(F)c2)[C@H](O)[C@H]1O)[C@H](O)[C@H](O)CCCCCCCCCCCCCC. The van der Waals surface area contributed by atoms with E-state index in [9.17, 15) is 39.1 Å². The highest BCUT2D eigenvalue weighted by Gasteiger charge is 2.46. The summed E-state index contributed by atoms with van der Waals surface area (Å²) in [6, 6.07) is 2.18. The Labute approximate surface area is 418 Å². The van der Waals surface area contributed by atoms with Crippen molar-refractivity contribution in [1.29, 1.82) is 0 Å². The Hall–Kier alpha value is -1.77. The van der Waals surface area contributed by atoms with Crippen molar-refractivity contribution in [3.05, 3.63) is 35.4 Å². The van der Waals surface area contributed by atoms with Gasteiger partial charge in [-0.25, -0.2) is 8.78 Å². The molecule has 0 aliphatic carbocycles. The van der Waals surface area contributed by atoms with E-state index in [0.717, 1.165) is 57.1 Å². The maximum Gasteiger partial charge on any atom is 0.220 e. The van der Waals surface area contributed by atoms with Gasteiger partial charge in [0.05, 0.1) is 32.0 Å². The van der Waals surface area contributed by atoms with Crippen LogP contribution in [0.3, 0.4) is 0 Å². The first kappa shape index (κ1) is 63.3. The van der Waals surface area contributed by atoms with Gasteiger partial charge in [-0.2, -0.15) is 0 Å². The number of nitrogens with one attached hydrogen (secondary N) is 1. The lowest BCUT2D eigenvalue weighted by atomic mass is 9.98. The van der Waals surface area contributed by atoms with E-state index in [1.165, 1.54) is 179 Å². The summed E-state index contributed by atoms with van der Waals surface area (Å²) in [7, 11) is 0. The van der Waals surface area contributed by atoms with Crippen LogP contribution in [-0.4, -0.2) is 93.6 Å². The third-order valence-electron chi connectivity index (χ3n) is 14.2. The molecule has 0 spiro atoms. The van der Waals surface area contributed by atoms with E-state index in [1.807, 2.05) is 0 Å². The molecule has 1 saturated heterocycles. The molecule has 0 radical (unpaired) electrons. The van der Waals surface area contributed by atoms with Gasteiger partial charge in [-0.3, -0.25) is 4.79 Å². The third-order valence-corrected chi connectivity index (χ3v) is 14.2. The van der Waals surface area contributed by atoms with Crippen molar-refractivity contribution in [3.63, 3.8) is 0 Å². The number of ether oxygens (including phenoxy) is 3. The first-order valence-electron chi connectivity index (χ1n) is 28.6. The van der Waals surface area contributed by atoms with Crippen LogP contribution in [0.2, 0.25) is 0 Å². The zero-order chi connectivity index (χ0) is 50.2. The number of hydrogen-bond acceptors (Lipinski definition) is 9. The molecular weight excluding hydrogens is 881 g/mol. The molecular formula is C57H103F2NO9. The highest BCUT2D eigenvalue weighted by molar-refractivity contribution is 5.76. The minimum Gasteiger partial charge on any atom is -0.394 e. The van der Waals surface area contributed by atoms with Crippen molar-refractivity contribution in [1.82, 2.24) is 5.32 Å². The van der Waals surface area contributed by atoms with E-state index in [4.69, 9.17) is 14.2 Å². The smallest absolute Gasteiger partial charge is 0.220 e. The van der Waals surface area contributed by atoms with E-state index >= 15 is 0 Å². The first-order chi connectivity index (χ1) is 33.6. The van der Waals surface area contributed by atoms with Crippen LogP contribution in [-0.2, 0) is 25.6 Å². The Bertz CT molecular complexity index is 1340. The minimum atomic E-state index is -1.66. The Morgan fingerprint density at radius 2 is 1.01 bits per heavy atom. The molecule has 0 saturated carbocycles.